The van der Waals surface area contributed by atoms with E-state index in [4.69, 9.17) is 0 Å². The fourth-order valence-corrected chi connectivity index (χ4v) is 1.26. The van der Waals surface area contributed by atoms with Gasteiger partial charge in [0.25, 0.3) is 0 Å². The zero-order chi connectivity index (χ0) is 7.98. The minimum atomic E-state index is 0. The molecular weight excluding hydrogens is 120 g/mol. The highest BCUT2D eigenvalue weighted by molar-refractivity contribution is 4.96. The van der Waals surface area contributed by atoms with E-state index in [0.717, 1.165) is 5.92 Å². The van der Waals surface area contributed by atoms with E-state index in [1.807, 2.05) is 0 Å². The first kappa shape index (κ1) is 9.74. The van der Waals surface area contributed by atoms with Crippen LogP contribution in [0.2, 0.25) is 0 Å². The second-order valence-electron chi connectivity index (χ2n) is 3.23. The summed E-state index contributed by atoms with van der Waals surface area (Å²) in [4.78, 5) is 0. The van der Waals surface area contributed by atoms with Gasteiger partial charge < -0.3 is 0 Å². The molecule has 0 aromatic heterocycles. The van der Waals surface area contributed by atoms with Crippen LogP contribution >= 0.6 is 0 Å². The molecule has 0 radical (unpaired) electrons. The maximum atomic E-state index is 2.33. The van der Waals surface area contributed by atoms with Gasteiger partial charge in [0.2, 0.25) is 0 Å². The van der Waals surface area contributed by atoms with Crippen molar-refractivity contribution < 1.29 is 1.43 Å². The second kappa shape index (κ2) is 5.52. The van der Waals surface area contributed by atoms with Crippen molar-refractivity contribution in [3.63, 3.8) is 0 Å². The normalized spacial score (nSPS) is 15.4. The first-order valence-electron chi connectivity index (χ1n) is 4.32. The Hall–Kier alpha value is -0.260. The number of rotatable bonds is 4. The fraction of sp³-hybridized carbons (Fsp3) is 0.800. The van der Waals surface area contributed by atoms with E-state index in [0.29, 0.717) is 0 Å². The molecule has 62 valence electrons. The van der Waals surface area contributed by atoms with Crippen molar-refractivity contribution >= 4 is 0 Å². The molecule has 0 saturated carbocycles. The molecule has 1 unspecified atom stereocenters. The van der Waals surface area contributed by atoms with Crippen molar-refractivity contribution in [1.82, 2.24) is 0 Å². The van der Waals surface area contributed by atoms with E-state index in [2.05, 4.69) is 33.8 Å². The van der Waals surface area contributed by atoms with Gasteiger partial charge in [0.1, 0.15) is 0 Å². The molecule has 1 atom stereocenters. The zero-order valence-electron chi connectivity index (χ0n) is 7.78. The van der Waals surface area contributed by atoms with Crippen LogP contribution in [0.15, 0.2) is 11.6 Å². The highest BCUT2D eigenvalue weighted by Crippen LogP contribution is 2.15. The highest BCUT2D eigenvalue weighted by Gasteiger charge is 1.99. The molecule has 0 aromatic rings. The molecule has 0 bridgehead atoms. The van der Waals surface area contributed by atoms with E-state index in [-0.39, 0.29) is 1.43 Å². The molecule has 0 aliphatic carbocycles. The summed E-state index contributed by atoms with van der Waals surface area (Å²) in [6.07, 6.45) is 6.18. The summed E-state index contributed by atoms with van der Waals surface area (Å²) in [7, 11) is 0. The summed E-state index contributed by atoms with van der Waals surface area (Å²) >= 11 is 0. The Balaban J connectivity index is 0. The van der Waals surface area contributed by atoms with Crippen molar-refractivity contribution in [2.75, 3.05) is 0 Å². The molecule has 10 heavy (non-hydrogen) atoms. The fourth-order valence-electron chi connectivity index (χ4n) is 1.26. The molecular formula is C10H22. The molecule has 0 saturated heterocycles. The van der Waals surface area contributed by atoms with Crippen molar-refractivity contribution in [3.8, 4) is 0 Å². The Morgan fingerprint density at radius 2 is 2.20 bits per heavy atom. The van der Waals surface area contributed by atoms with Crippen molar-refractivity contribution in [2.24, 2.45) is 5.92 Å². The van der Waals surface area contributed by atoms with E-state index < -0.39 is 0 Å². The van der Waals surface area contributed by atoms with Crippen LogP contribution in [0.25, 0.3) is 0 Å². The molecule has 0 amide bonds. The second-order valence-corrected chi connectivity index (χ2v) is 3.23. The van der Waals surface area contributed by atoms with Gasteiger partial charge in [0, 0.05) is 1.43 Å². The molecule has 0 aliphatic rings. The number of allylic oxidation sites excluding steroid dienone is 2. The van der Waals surface area contributed by atoms with Crippen LogP contribution in [0.4, 0.5) is 0 Å². The maximum Gasteiger partial charge on any atom is 0 e. The molecule has 0 aromatic carbocycles. The molecule has 0 heteroatoms. The van der Waals surface area contributed by atoms with E-state index in [1.54, 1.807) is 0 Å². The predicted octanol–water partition coefficient (Wildman–Crippen LogP) is 4.02. The minimum Gasteiger partial charge on any atom is -0.0887 e. The Labute approximate surface area is 66.8 Å². The summed E-state index contributed by atoms with van der Waals surface area (Å²) < 4.78 is 0. The predicted molar refractivity (Wildman–Crippen MR) is 50.2 cm³/mol. The van der Waals surface area contributed by atoms with Crippen LogP contribution in [-0.4, -0.2) is 0 Å². The largest absolute Gasteiger partial charge is 0.0887 e. The van der Waals surface area contributed by atoms with Crippen LogP contribution in [0.3, 0.4) is 0 Å². The van der Waals surface area contributed by atoms with Crippen LogP contribution in [-0.2, 0) is 0 Å². The van der Waals surface area contributed by atoms with Gasteiger partial charge in [-0.3, -0.25) is 0 Å². The van der Waals surface area contributed by atoms with Gasteiger partial charge in [0.15, 0.2) is 0 Å². The molecule has 0 nitrogen and oxygen atoms in total. The van der Waals surface area contributed by atoms with Crippen molar-refractivity contribution in [1.29, 1.82) is 0 Å². The summed E-state index contributed by atoms with van der Waals surface area (Å²) in [5.41, 5.74) is 1.53. The van der Waals surface area contributed by atoms with Crippen LogP contribution in [0.1, 0.15) is 48.4 Å². The van der Waals surface area contributed by atoms with Gasteiger partial charge in [-0.05, 0) is 26.2 Å². The Bertz CT molecular complexity index is 105. The number of hydrogen-bond donors (Lipinski definition) is 0. The Morgan fingerprint density at radius 3 is 2.60 bits per heavy atom. The SMILES string of the molecule is C/C=C(/C)CC(C)CCC.[HH]. The third-order valence-electron chi connectivity index (χ3n) is 1.94. The summed E-state index contributed by atoms with van der Waals surface area (Å²) in [5, 5.41) is 0. The average molecular weight is 142 g/mol. The lowest BCUT2D eigenvalue weighted by Gasteiger charge is -2.08. The monoisotopic (exact) mass is 142 g/mol. The van der Waals surface area contributed by atoms with E-state index >= 15 is 0 Å². The van der Waals surface area contributed by atoms with Crippen molar-refractivity contribution in [3.05, 3.63) is 11.6 Å². The molecule has 0 N–H and O–H groups in total. The topological polar surface area (TPSA) is 0 Å². The Kier molecular flexibility index (Phi) is 5.38. The van der Waals surface area contributed by atoms with E-state index in [1.165, 1.54) is 24.8 Å². The first-order valence-corrected chi connectivity index (χ1v) is 4.32. The van der Waals surface area contributed by atoms with Crippen LogP contribution in [0.5, 0.6) is 0 Å². The van der Waals surface area contributed by atoms with Crippen LogP contribution in [0, 0.1) is 5.92 Å². The molecule has 0 rings (SSSR count). The van der Waals surface area contributed by atoms with Gasteiger partial charge in [0.05, 0.1) is 0 Å². The standard InChI is InChI=1S/C10H20.H2/c1-5-7-10(4)8-9(3)6-2;/h6,10H,5,7-8H2,1-4H3;1H/b9-6-;. The first-order chi connectivity index (χ1) is 4.70. The molecule has 0 heterocycles. The van der Waals surface area contributed by atoms with Crippen molar-refractivity contribution in [2.45, 2.75) is 47.0 Å². The smallest absolute Gasteiger partial charge is 0 e. The van der Waals surface area contributed by atoms with E-state index in [9.17, 15) is 0 Å². The zero-order valence-corrected chi connectivity index (χ0v) is 7.78. The number of hydrogen-bond acceptors (Lipinski definition) is 0. The summed E-state index contributed by atoms with van der Waals surface area (Å²) in [6, 6.07) is 0. The minimum absolute atomic E-state index is 0. The third kappa shape index (κ3) is 4.60. The lowest BCUT2D eigenvalue weighted by molar-refractivity contribution is 0.520. The maximum absolute atomic E-state index is 2.33. The summed E-state index contributed by atoms with van der Waals surface area (Å²) in [5.74, 6) is 0.876. The lowest BCUT2D eigenvalue weighted by atomic mass is 9.98. The van der Waals surface area contributed by atoms with Gasteiger partial charge >= 0.3 is 0 Å². The molecule has 0 spiro atoms. The molecule has 0 fully saturated rings. The third-order valence-corrected chi connectivity index (χ3v) is 1.94. The summed E-state index contributed by atoms with van der Waals surface area (Å²) in [6.45, 7) is 8.91. The molecule has 0 aliphatic heterocycles. The van der Waals surface area contributed by atoms with Gasteiger partial charge in [-0.1, -0.05) is 38.3 Å². The highest BCUT2D eigenvalue weighted by atomic mass is 14.1. The van der Waals surface area contributed by atoms with Crippen LogP contribution < -0.4 is 0 Å². The Morgan fingerprint density at radius 1 is 1.60 bits per heavy atom. The lowest BCUT2D eigenvalue weighted by Crippen LogP contribution is -1.93. The van der Waals surface area contributed by atoms with Gasteiger partial charge in [-0.15, -0.1) is 0 Å². The van der Waals surface area contributed by atoms with Gasteiger partial charge in [-0.25, -0.2) is 0 Å². The average Bonchev–Trinajstić information content (AvgIpc) is 1.88. The quantitative estimate of drug-likeness (QED) is 0.520. The van der Waals surface area contributed by atoms with Gasteiger partial charge in [-0.2, -0.15) is 0 Å².